The monoisotopic (exact) mass is 344 g/mol. The summed E-state index contributed by atoms with van der Waals surface area (Å²) in [5.41, 5.74) is 1.25. The van der Waals surface area contributed by atoms with Crippen LogP contribution in [0.2, 0.25) is 5.02 Å². The van der Waals surface area contributed by atoms with Crippen LogP contribution >= 0.6 is 27.5 Å². The van der Waals surface area contributed by atoms with E-state index < -0.39 is 0 Å². The lowest BCUT2D eigenvalue weighted by Crippen LogP contribution is -2.36. The number of halogens is 2. The van der Waals surface area contributed by atoms with Crippen molar-refractivity contribution in [1.82, 2.24) is 10.2 Å². The van der Waals surface area contributed by atoms with Crippen LogP contribution in [-0.4, -0.2) is 31.1 Å². The fourth-order valence-electron chi connectivity index (χ4n) is 2.58. The molecule has 0 unspecified atom stereocenters. The van der Waals surface area contributed by atoms with Gasteiger partial charge in [0.05, 0.1) is 5.02 Å². The smallest absolute Gasteiger partial charge is 0.0551 e. The molecule has 0 radical (unpaired) electrons. The minimum absolute atomic E-state index is 0.788. The first-order chi connectivity index (χ1) is 9.19. The third-order valence-corrected chi connectivity index (χ3v) is 5.13. The van der Waals surface area contributed by atoms with E-state index in [1.165, 1.54) is 38.0 Å². The largest absolute Gasteiger partial charge is 0.312 e. The summed E-state index contributed by atoms with van der Waals surface area (Å²) in [5, 5.41) is 4.35. The Bertz CT molecular complexity index is 403. The molecule has 1 aliphatic heterocycles. The van der Waals surface area contributed by atoms with Crippen LogP contribution in [0.5, 0.6) is 0 Å². The Hall–Kier alpha value is -0.0900. The number of nitrogens with zero attached hydrogens (tertiary/aromatic N) is 1. The average Bonchev–Trinajstić information content (AvgIpc) is 2.43. The first-order valence-corrected chi connectivity index (χ1v) is 8.23. The van der Waals surface area contributed by atoms with Gasteiger partial charge in [-0.2, -0.15) is 0 Å². The summed E-state index contributed by atoms with van der Waals surface area (Å²) >= 11 is 9.51. The molecule has 1 heterocycles. The van der Waals surface area contributed by atoms with Crippen molar-refractivity contribution in [2.24, 2.45) is 5.92 Å². The summed E-state index contributed by atoms with van der Waals surface area (Å²) < 4.78 is 0.963. The molecule has 1 aliphatic rings. The Morgan fingerprint density at radius 2 is 2.11 bits per heavy atom. The molecule has 19 heavy (non-hydrogen) atoms. The van der Waals surface area contributed by atoms with E-state index in [0.717, 1.165) is 28.5 Å². The number of hydrogen-bond donors (Lipinski definition) is 1. The van der Waals surface area contributed by atoms with Crippen molar-refractivity contribution in [1.29, 1.82) is 0 Å². The Balaban J connectivity index is 1.70. The van der Waals surface area contributed by atoms with E-state index in [2.05, 4.69) is 39.1 Å². The van der Waals surface area contributed by atoms with Crippen molar-refractivity contribution < 1.29 is 0 Å². The summed E-state index contributed by atoms with van der Waals surface area (Å²) in [6, 6.07) is 6.15. The lowest BCUT2D eigenvalue weighted by Gasteiger charge is -2.31. The van der Waals surface area contributed by atoms with Crippen LogP contribution in [0.3, 0.4) is 0 Å². The third-order valence-electron chi connectivity index (χ3n) is 3.90. The van der Waals surface area contributed by atoms with E-state index in [9.17, 15) is 0 Å². The summed E-state index contributed by atoms with van der Waals surface area (Å²) in [4.78, 5) is 2.53. The molecular weight excluding hydrogens is 324 g/mol. The van der Waals surface area contributed by atoms with Crippen LogP contribution in [0.25, 0.3) is 0 Å². The number of nitrogens with one attached hydrogen (secondary N) is 1. The van der Waals surface area contributed by atoms with Gasteiger partial charge in [0.25, 0.3) is 0 Å². The molecule has 0 amide bonds. The maximum atomic E-state index is 6.09. The molecule has 1 fully saturated rings. The fourth-order valence-corrected chi connectivity index (χ4v) is 3.03. The van der Waals surface area contributed by atoms with Crippen molar-refractivity contribution in [2.45, 2.75) is 26.3 Å². The van der Waals surface area contributed by atoms with E-state index in [4.69, 9.17) is 11.6 Å². The second-order valence-electron chi connectivity index (χ2n) is 5.26. The molecule has 0 atom stereocenters. The first-order valence-electron chi connectivity index (χ1n) is 7.06. The van der Waals surface area contributed by atoms with Gasteiger partial charge in [0.15, 0.2) is 0 Å². The van der Waals surface area contributed by atoms with Gasteiger partial charge in [-0.25, -0.2) is 0 Å². The number of piperidine rings is 1. The minimum atomic E-state index is 0.788. The SMILES string of the molecule is CCN1CCC(CNCc2ccc(Br)c(Cl)c2)CC1. The van der Waals surface area contributed by atoms with Crippen LogP contribution < -0.4 is 5.32 Å². The van der Waals surface area contributed by atoms with Crippen LogP contribution in [0, 0.1) is 5.92 Å². The van der Waals surface area contributed by atoms with Gasteiger partial charge in [-0.05, 0) is 78.6 Å². The fraction of sp³-hybridized carbons (Fsp3) is 0.600. The van der Waals surface area contributed by atoms with Gasteiger partial charge < -0.3 is 10.2 Å². The molecule has 0 bridgehead atoms. The quantitative estimate of drug-likeness (QED) is 0.870. The van der Waals surface area contributed by atoms with Gasteiger partial charge in [-0.3, -0.25) is 0 Å². The van der Waals surface area contributed by atoms with Crippen molar-refractivity contribution in [3.05, 3.63) is 33.3 Å². The van der Waals surface area contributed by atoms with Gasteiger partial charge in [0, 0.05) is 11.0 Å². The lowest BCUT2D eigenvalue weighted by molar-refractivity contribution is 0.190. The zero-order chi connectivity index (χ0) is 13.7. The number of likely N-dealkylation sites (tertiary alicyclic amines) is 1. The van der Waals surface area contributed by atoms with Gasteiger partial charge in [0.2, 0.25) is 0 Å². The summed E-state index contributed by atoms with van der Waals surface area (Å²) in [6.07, 6.45) is 2.64. The molecule has 0 saturated carbocycles. The van der Waals surface area contributed by atoms with E-state index in [-0.39, 0.29) is 0 Å². The van der Waals surface area contributed by atoms with Crippen molar-refractivity contribution in [3.63, 3.8) is 0 Å². The number of rotatable bonds is 5. The maximum Gasteiger partial charge on any atom is 0.0551 e. The Labute approximate surface area is 129 Å². The van der Waals surface area contributed by atoms with Crippen LogP contribution in [0.15, 0.2) is 22.7 Å². The predicted molar refractivity (Wildman–Crippen MR) is 85.7 cm³/mol. The lowest BCUT2D eigenvalue weighted by atomic mass is 9.97. The highest BCUT2D eigenvalue weighted by Crippen LogP contribution is 2.23. The van der Waals surface area contributed by atoms with Crippen LogP contribution in [0.1, 0.15) is 25.3 Å². The van der Waals surface area contributed by atoms with Crippen LogP contribution in [0.4, 0.5) is 0 Å². The molecule has 2 nitrogen and oxygen atoms in total. The van der Waals surface area contributed by atoms with Gasteiger partial charge in [0.1, 0.15) is 0 Å². The maximum absolute atomic E-state index is 6.09. The summed E-state index contributed by atoms with van der Waals surface area (Å²) in [6.45, 7) is 7.97. The van der Waals surface area contributed by atoms with Crippen molar-refractivity contribution >= 4 is 27.5 Å². The highest BCUT2D eigenvalue weighted by atomic mass is 79.9. The standard InChI is InChI=1S/C15H22BrClN2/c1-2-19-7-5-12(6-8-19)10-18-11-13-3-4-14(16)15(17)9-13/h3-4,9,12,18H,2,5-8,10-11H2,1H3. The van der Waals surface area contributed by atoms with E-state index in [1.54, 1.807) is 0 Å². The van der Waals surface area contributed by atoms with E-state index in [1.807, 2.05) is 12.1 Å². The highest BCUT2D eigenvalue weighted by Gasteiger charge is 2.17. The van der Waals surface area contributed by atoms with Crippen molar-refractivity contribution in [2.75, 3.05) is 26.2 Å². The van der Waals surface area contributed by atoms with Gasteiger partial charge in [-0.1, -0.05) is 24.6 Å². The molecule has 1 saturated heterocycles. The Morgan fingerprint density at radius 3 is 2.74 bits per heavy atom. The molecule has 106 valence electrons. The molecule has 0 spiro atoms. The number of benzene rings is 1. The zero-order valence-corrected chi connectivity index (χ0v) is 13.8. The second kappa shape index (κ2) is 7.63. The molecule has 0 aromatic heterocycles. The molecule has 0 aliphatic carbocycles. The Morgan fingerprint density at radius 1 is 1.37 bits per heavy atom. The third kappa shape index (κ3) is 4.75. The van der Waals surface area contributed by atoms with E-state index >= 15 is 0 Å². The average molecular weight is 346 g/mol. The summed E-state index contributed by atoms with van der Waals surface area (Å²) in [5.74, 6) is 0.828. The highest BCUT2D eigenvalue weighted by molar-refractivity contribution is 9.10. The Kier molecular flexibility index (Phi) is 6.14. The van der Waals surface area contributed by atoms with Crippen LogP contribution in [-0.2, 0) is 6.54 Å². The topological polar surface area (TPSA) is 15.3 Å². The molecule has 1 aromatic carbocycles. The number of hydrogen-bond acceptors (Lipinski definition) is 2. The van der Waals surface area contributed by atoms with Gasteiger partial charge >= 0.3 is 0 Å². The molecule has 2 rings (SSSR count). The normalized spacial score (nSPS) is 17.8. The van der Waals surface area contributed by atoms with E-state index in [0.29, 0.717) is 0 Å². The first kappa shape index (κ1) is 15.3. The summed E-state index contributed by atoms with van der Waals surface area (Å²) in [7, 11) is 0. The minimum Gasteiger partial charge on any atom is -0.312 e. The molecule has 1 aromatic rings. The predicted octanol–water partition coefficient (Wildman–Crippen LogP) is 3.92. The molecule has 4 heteroatoms. The van der Waals surface area contributed by atoms with Gasteiger partial charge in [-0.15, -0.1) is 0 Å². The molecular formula is C15H22BrClN2. The molecule has 1 N–H and O–H groups in total. The second-order valence-corrected chi connectivity index (χ2v) is 6.52. The zero-order valence-electron chi connectivity index (χ0n) is 11.5. The van der Waals surface area contributed by atoms with Crippen molar-refractivity contribution in [3.8, 4) is 0 Å².